The van der Waals surface area contributed by atoms with Crippen LogP contribution < -0.4 is 43.1 Å². The smallest absolute Gasteiger partial charge is 0.243 e. The van der Waals surface area contributed by atoms with Crippen molar-refractivity contribution in [2.75, 3.05) is 0 Å². The molecule has 0 spiro atoms. The molecule has 0 aliphatic heterocycles. The van der Waals surface area contributed by atoms with E-state index < -0.39 is 0 Å². The summed E-state index contributed by atoms with van der Waals surface area (Å²) in [6.45, 7) is 2.14. The fraction of sp³-hybridized carbons (Fsp3) is 0.278. The summed E-state index contributed by atoms with van der Waals surface area (Å²) in [5, 5.41) is 0. The van der Waals surface area contributed by atoms with Gasteiger partial charge in [0.05, 0.1) is 13.6 Å². The second kappa shape index (κ2) is 10.4. The first-order chi connectivity index (χ1) is 10.8. The van der Waals surface area contributed by atoms with E-state index in [-0.39, 0.29) is 34.0 Å². The second-order valence-electron chi connectivity index (χ2n) is 5.58. The average molecular weight is 454 g/mol. The van der Waals surface area contributed by atoms with Crippen LogP contribution in [-0.2, 0) is 20.1 Å². The maximum Gasteiger partial charge on any atom is 0.243 e. The van der Waals surface area contributed by atoms with Gasteiger partial charge in [0.1, 0.15) is 18.9 Å². The van der Waals surface area contributed by atoms with Crippen LogP contribution in [0.3, 0.4) is 0 Å². The number of unbranched alkanes of at least 4 members (excludes halogenated alkanes) is 1. The number of imidazole rings is 1. The molecule has 0 atom stereocenters. The van der Waals surface area contributed by atoms with Crippen molar-refractivity contribution in [3.8, 4) is 11.1 Å². The van der Waals surface area contributed by atoms with E-state index in [2.05, 4.69) is 69.0 Å². The quantitative estimate of drug-likeness (QED) is 0.277. The van der Waals surface area contributed by atoms with Gasteiger partial charge in [0, 0.05) is 30.9 Å². The van der Waals surface area contributed by atoms with Gasteiger partial charge in [-0.15, -0.1) is 0 Å². The molecule has 0 bridgehead atoms. The highest BCUT2D eigenvalue weighted by molar-refractivity contribution is 5.61. The summed E-state index contributed by atoms with van der Waals surface area (Å²) in [5.41, 5.74) is 2.45. The van der Waals surface area contributed by atoms with Gasteiger partial charge in [-0.05, 0) is 29.7 Å². The minimum atomic E-state index is 0. The van der Waals surface area contributed by atoms with E-state index in [1.165, 1.54) is 24.0 Å². The molecule has 0 aliphatic carbocycles. The Bertz CT molecular complexity index is 711. The number of hydrogen-bond donors (Lipinski definition) is 0. The molecule has 0 aromatic carbocycles. The molecule has 3 heterocycles. The lowest BCUT2D eigenvalue weighted by Crippen LogP contribution is -3.00. The molecular weight excluding hydrogens is 432 g/mol. The summed E-state index contributed by atoms with van der Waals surface area (Å²) in [6.07, 6.45) is 16.7. The summed E-state index contributed by atoms with van der Waals surface area (Å²) < 4.78 is 6.56. The van der Waals surface area contributed by atoms with Crippen molar-refractivity contribution in [1.29, 1.82) is 0 Å². The molecule has 128 valence electrons. The fourth-order valence-electron chi connectivity index (χ4n) is 2.57. The number of rotatable bonds is 6. The predicted octanol–water partition coefficient (Wildman–Crippen LogP) is -3.85. The van der Waals surface area contributed by atoms with Crippen molar-refractivity contribution in [2.45, 2.75) is 25.9 Å². The third-order valence-corrected chi connectivity index (χ3v) is 3.81. The molecule has 6 heteroatoms. The van der Waals surface area contributed by atoms with Crippen molar-refractivity contribution in [3.63, 3.8) is 0 Å². The normalized spacial score (nSPS) is 9.88. The monoisotopic (exact) mass is 452 g/mol. The van der Waals surface area contributed by atoms with Gasteiger partial charge in [0.25, 0.3) is 0 Å². The molecule has 0 radical (unpaired) electrons. The SMILES string of the molecule is C[n+]1ccn(CCCC[n+]2ccc(-c3ccncc3)cc2)c1.[Br-].[Br-]. The Morgan fingerprint density at radius 3 is 2.21 bits per heavy atom. The van der Waals surface area contributed by atoms with E-state index in [0.29, 0.717) is 0 Å². The largest absolute Gasteiger partial charge is 1.00 e. The van der Waals surface area contributed by atoms with E-state index in [1.807, 2.05) is 24.5 Å². The van der Waals surface area contributed by atoms with Crippen LogP contribution in [-0.4, -0.2) is 9.55 Å². The molecule has 24 heavy (non-hydrogen) atoms. The molecule has 0 saturated carbocycles. The minimum absolute atomic E-state index is 0. The summed E-state index contributed by atoms with van der Waals surface area (Å²) in [5.74, 6) is 0. The van der Waals surface area contributed by atoms with Gasteiger partial charge >= 0.3 is 0 Å². The molecule has 0 N–H and O–H groups in total. The molecule has 3 aromatic heterocycles. The maximum absolute atomic E-state index is 4.06. The minimum Gasteiger partial charge on any atom is -1.00 e. The van der Waals surface area contributed by atoms with E-state index in [9.17, 15) is 0 Å². The average Bonchev–Trinajstić information content (AvgIpc) is 2.98. The van der Waals surface area contributed by atoms with Gasteiger partial charge in [-0.2, -0.15) is 0 Å². The molecule has 0 saturated heterocycles. The lowest BCUT2D eigenvalue weighted by atomic mass is 10.1. The van der Waals surface area contributed by atoms with Crippen LogP contribution in [0.5, 0.6) is 0 Å². The molecule has 0 aliphatic rings. The van der Waals surface area contributed by atoms with Gasteiger partial charge in [-0.25, -0.2) is 13.7 Å². The van der Waals surface area contributed by atoms with Crippen LogP contribution in [0.25, 0.3) is 11.1 Å². The van der Waals surface area contributed by atoms with E-state index in [1.54, 1.807) is 0 Å². The standard InChI is InChI=1S/C18H22N4.2BrH/c1-20-14-15-22(16-20)11-3-2-10-21-12-6-18(7-13-21)17-4-8-19-9-5-17;;/h4-9,12-16H,2-3,10-11H2,1H3;2*1H/q+2;;/p-2. The van der Waals surface area contributed by atoms with Crippen molar-refractivity contribution in [1.82, 2.24) is 9.55 Å². The third-order valence-electron chi connectivity index (χ3n) is 3.81. The van der Waals surface area contributed by atoms with Crippen molar-refractivity contribution >= 4 is 0 Å². The second-order valence-corrected chi connectivity index (χ2v) is 5.58. The van der Waals surface area contributed by atoms with Gasteiger partial charge in [0.15, 0.2) is 12.4 Å². The number of aromatic nitrogens is 4. The molecular formula is C18H22Br2N4. The lowest BCUT2D eigenvalue weighted by Gasteiger charge is -2.01. The van der Waals surface area contributed by atoms with Gasteiger partial charge in [-0.3, -0.25) is 4.98 Å². The number of pyridine rings is 2. The Hall–Kier alpha value is -1.53. The summed E-state index contributed by atoms with van der Waals surface area (Å²) in [7, 11) is 2.05. The van der Waals surface area contributed by atoms with Gasteiger partial charge in [-0.1, -0.05) is 0 Å². The molecule has 4 nitrogen and oxygen atoms in total. The predicted molar refractivity (Wildman–Crippen MR) is 84.7 cm³/mol. The zero-order chi connectivity index (χ0) is 15.2. The fourth-order valence-corrected chi connectivity index (χ4v) is 2.57. The van der Waals surface area contributed by atoms with Crippen molar-refractivity contribution < 1.29 is 43.1 Å². The van der Waals surface area contributed by atoms with Crippen LogP contribution in [0.4, 0.5) is 0 Å². The van der Waals surface area contributed by atoms with Crippen LogP contribution in [0, 0.1) is 0 Å². The van der Waals surface area contributed by atoms with E-state index in [0.717, 1.165) is 13.1 Å². The van der Waals surface area contributed by atoms with E-state index >= 15 is 0 Å². The molecule has 3 aromatic rings. The third kappa shape index (κ3) is 5.83. The maximum atomic E-state index is 4.06. The zero-order valence-corrected chi connectivity index (χ0v) is 16.9. The van der Waals surface area contributed by atoms with Gasteiger partial charge < -0.3 is 34.0 Å². The number of halogens is 2. The molecule has 0 unspecified atom stereocenters. The molecule has 0 amide bonds. The molecule has 0 fully saturated rings. The highest BCUT2D eigenvalue weighted by Gasteiger charge is 2.04. The lowest BCUT2D eigenvalue weighted by molar-refractivity contribution is -0.697. The Morgan fingerprint density at radius 1 is 0.917 bits per heavy atom. The summed E-state index contributed by atoms with van der Waals surface area (Å²) in [6, 6.07) is 8.41. The number of hydrogen-bond acceptors (Lipinski definition) is 1. The van der Waals surface area contributed by atoms with Gasteiger partial charge in [0.2, 0.25) is 6.33 Å². The Balaban J connectivity index is 0.00000144. The molecule has 3 rings (SSSR count). The highest BCUT2D eigenvalue weighted by Crippen LogP contribution is 2.15. The van der Waals surface area contributed by atoms with Crippen LogP contribution in [0.1, 0.15) is 12.8 Å². The van der Waals surface area contributed by atoms with Crippen molar-refractivity contribution in [3.05, 3.63) is 67.8 Å². The topological polar surface area (TPSA) is 25.6 Å². The summed E-state index contributed by atoms with van der Waals surface area (Å²) >= 11 is 0. The Labute approximate surface area is 164 Å². The summed E-state index contributed by atoms with van der Waals surface area (Å²) in [4.78, 5) is 4.06. The van der Waals surface area contributed by atoms with Crippen LogP contribution in [0.15, 0.2) is 67.8 Å². The first-order valence-electron chi connectivity index (χ1n) is 7.72. The first-order valence-corrected chi connectivity index (χ1v) is 7.72. The number of aryl methyl sites for hydroxylation is 3. The van der Waals surface area contributed by atoms with Crippen LogP contribution in [0.2, 0.25) is 0 Å². The number of nitrogens with zero attached hydrogens (tertiary/aromatic N) is 4. The highest BCUT2D eigenvalue weighted by atomic mass is 79.9. The zero-order valence-electron chi connectivity index (χ0n) is 13.7. The Kier molecular flexibility index (Phi) is 8.85. The van der Waals surface area contributed by atoms with Crippen molar-refractivity contribution in [2.24, 2.45) is 7.05 Å². The van der Waals surface area contributed by atoms with Crippen LogP contribution >= 0.6 is 0 Å². The Morgan fingerprint density at radius 2 is 1.58 bits per heavy atom. The first kappa shape index (κ1) is 20.5. The van der Waals surface area contributed by atoms with E-state index in [4.69, 9.17) is 0 Å².